The Labute approximate surface area is 207 Å². The number of likely N-dealkylation sites (tertiary alicyclic amines) is 2. The summed E-state index contributed by atoms with van der Waals surface area (Å²) in [5, 5.41) is 4.16. The number of nitrogens with one attached hydrogen (secondary N) is 1. The molecule has 2 aromatic rings. The van der Waals surface area contributed by atoms with E-state index in [-0.39, 0.29) is 17.9 Å². The van der Waals surface area contributed by atoms with Crippen LogP contribution in [0.25, 0.3) is 0 Å². The van der Waals surface area contributed by atoms with E-state index in [2.05, 4.69) is 39.4 Å². The Balaban J connectivity index is 1.20. The highest BCUT2D eigenvalue weighted by Crippen LogP contribution is 2.31. The van der Waals surface area contributed by atoms with Crippen molar-refractivity contribution >= 4 is 17.5 Å². The first-order chi connectivity index (χ1) is 16.6. The van der Waals surface area contributed by atoms with Crippen molar-refractivity contribution in [1.82, 2.24) is 15.1 Å². The van der Waals surface area contributed by atoms with Crippen LogP contribution in [0.4, 0.5) is 0 Å². The summed E-state index contributed by atoms with van der Waals surface area (Å²) in [6.07, 6.45) is 4.18. The van der Waals surface area contributed by atoms with Gasteiger partial charge >= 0.3 is 0 Å². The summed E-state index contributed by atoms with van der Waals surface area (Å²) < 4.78 is 11.4. The molecule has 0 unspecified atom stereocenters. The molecule has 0 aliphatic carbocycles. The van der Waals surface area contributed by atoms with Crippen LogP contribution >= 0.6 is 11.6 Å². The number of hydrogen-bond donors (Lipinski definition) is 1. The lowest BCUT2D eigenvalue weighted by atomic mass is 10.0. The highest BCUT2D eigenvalue weighted by Gasteiger charge is 2.30. The summed E-state index contributed by atoms with van der Waals surface area (Å²) in [5.74, 6) is 1.83. The first-order valence-corrected chi connectivity index (χ1v) is 12.9. The predicted molar refractivity (Wildman–Crippen MR) is 134 cm³/mol. The van der Waals surface area contributed by atoms with Crippen molar-refractivity contribution in [3.8, 4) is 11.5 Å². The van der Waals surface area contributed by atoms with Gasteiger partial charge in [-0.3, -0.25) is 9.69 Å². The fourth-order valence-electron chi connectivity index (χ4n) is 5.29. The van der Waals surface area contributed by atoms with Crippen LogP contribution in [0.15, 0.2) is 42.5 Å². The van der Waals surface area contributed by atoms with E-state index in [1.165, 1.54) is 24.0 Å². The molecule has 5 rings (SSSR count). The zero-order valence-corrected chi connectivity index (χ0v) is 20.4. The van der Waals surface area contributed by atoms with Gasteiger partial charge < -0.3 is 19.7 Å². The lowest BCUT2D eigenvalue weighted by Gasteiger charge is -2.26. The molecule has 7 heteroatoms. The quantitative estimate of drug-likeness (QED) is 0.619. The van der Waals surface area contributed by atoms with Crippen molar-refractivity contribution in [2.75, 3.05) is 45.9 Å². The Morgan fingerprint density at radius 2 is 1.71 bits per heavy atom. The molecule has 3 heterocycles. The molecule has 1 amide bonds. The average molecular weight is 484 g/mol. The Hall–Kier alpha value is -2.28. The molecule has 2 aromatic carbocycles. The van der Waals surface area contributed by atoms with E-state index in [0.717, 1.165) is 68.6 Å². The third kappa shape index (κ3) is 6.04. The molecule has 0 spiro atoms. The molecule has 2 saturated heterocycles. The molecule has 34 heavy (non-hydrogen) atoms. The number of rotatable bonds is 8. The van der Waals surface area contributed by atoms with E-state index in [1.807, 2.05) is 18.2 Å². The summed E-state index contributed by atoms with van der Waals surface area (Å²) in [6, 6.07) is 14.2. The molecule has 3 aliphatic rings. The molecule has 0 saturated carbocycles. The predicted octanol–water partition coefficient (Wildman–Crippen LogP) is 3.76. The second-order valence-corrected chi connectivity index (χ2v) is 10.2. The summed E-state index contributed by atoms with van der Waals surface area (Å²) >= 11 is 6.01. The molecule has 182 valence electrons. The normalized spacial score (nSPS) is 21.5. The van der Waals surface area contributed by atoms with E-state index < -0.39 is 0 Å². The Kier molecular flexibility index (Phi) is 7.57. The minimum Gasteiger partial charge on any atom is -0.486 e. The smallest absolute Gasteiger partial charge is 0.224 e. The zero-order chi connectivity index (χ0) is 23.3. The van der Waals surface area contributed by atoms with E-state index in [4.69, 9.17) is 21.1 Å². The number of fused-ring (bicyclic) bond motifs is 1. The maximum absolute atomic E-state index is 13.3. The van der Waals surface area contributed by atoms with Gasteiger partial charge in [0.1, 0.15) is 13.2 Å². The van der Waals surface area contributed by atoms with Gasteiger partial charge in [0, 0.05) is 30.7 Å². The number of halogens is 1. The summed E-state index contributed by atoms with van der Waals surface area (Å²) in [4.78, 5) is 18.1. The SMILES string of the molecule is O=C(N[C@@H](Cc1ccc2c(c1)OCCO2)CN1CCCC1)[C@H]1CCN(Cc2ccc(Cl)cc2)C1. The van der Waals surface area contributed by atoms with Crippen LogP contribution in [-0.4, -0.2) is 67.7 Å². The number of hydrogen-bond acceptors (Lipinski definition) is 5. The molecule has 6 nitrogen and oxygen atoms in total. The maximum Gasteiger partial charge on any atom is 0.224 e. The fraction of sp³-hybridized carbons (Fsp3) is 0.519. The minimum atomic E-state index is 0.0358. The van der Waals surface area contributed by atoms with Crippen LogP contribution in [0.3, 0.4) is 0 Å². The van der Waals surface area contributed by atoms with E-state index in [0.29, 0.717) is 13.2 Å². The Bertz CT molecular complexity index is 978. The van der Waals surface area contributed by atoms with E-state index in [9.17, 15) is 4.79 Å². The molecule has 3 aliphatic heterocycles. The third-order valence-corrected chi connectivity index (χ3v) is 7.33. The van der Waals surface area contributed by atoms with Gasteiger partial charge in [-0.05, 0) is 80.7 Å². The van der Waals surface area contributed by atoms with Crippen LogP contribution in [0, 0.1) is 5.92 Å². The van der Waals surface area contributed by atoms with Gasteiger partial charge in [-0.25, -0.2) is 0 Å². The molecular formula is C27H34ClN3O3. The second-order valence-electron chi connectivity index (χ2n) is 9.74. The molecule has 2 atom stereocenters. The van der Waals surface area contributed by atoms with Crippen LogP contribution in [0.2, 0.25) is 5.02 Å². The van der Waals surface area contributed by atoms with Crippen molar-refractivity contribution < 1.29 is 14.3 Å². The molecular weight excluding hydrogens is 450 g/mol. The average Bonchev–Trinajstić information content (AvgIpc) is 3.53. The number of amides is 1. The summed E-state index contributed by atoms with van der Waals surface area (Å²) in [6.45, 7) is 6.90. The first kappa shape index (κ1) is 23.5. The third-order valence-electron chi connectivity index (χ3n) is 7.07. The Morgan fingerprint density at radius 3 is 2.50 bits per heavy atom. The van der Waals surface area contributed by atoms with Crippen molar-refractivity contribution in [1.29, 1.82) is 0 Å². The largest absolute Gasteiger partial charge is 0.486 e. The van der Waals surface area contributed by atoms with Crippen molar-refractivity contribution in [3.05, 3.63) is 58.6 Å². The molecule has 0 radical (unpaired) electrons. The Morgan fingerprint density at radius 1 is 0.971 bits per heavy atom. The zero-order valence-electron chi connectivity index (χ0n) is 19.7. The fourth-order valence-corrected chi connectivity index (χ4v) is 5.42. The number of ether oxygens (including phenoxy) is 2. The molecule has 0 bridgehead atoms. The summed E-state index contributed by atoms with van der Waals surface area (Å²) in [7, 11) is 0. The van der Waals surface area contributed by atoms with Crippen LogP contribution in [-0.2, 0) is 17.8 Å². The van der Waals surface area contributed by atoms with Crippen LogP contribution < -0.4 is 14.8 Å². The lowest BCUT2D eigenvalue weighted by molar-refractivity contribution is -0.125. The standard InChI is InChI=1S/C27H34ClN3O3/c28-23-6-3-20(4-7-23)17-31-12-9-22(18-31)27(32)29-24(19-30-10-1-2-11-30)15-21-5-8-25-26(16-21)34-14-13-33-25/h3-8,16,22,24H,1-2,9-15,17-19H2,(H,29,32)/t22-,24-/m0/s1. The monoisotopic (exact) mass is 483 g/mol. The van der Waals surface area contributed by atoms with Crippen molar-refractivity contribution in [2.45, 2.75) is 38.3 Å². The summed E-state index contributed by atoms with van der Waals surface area (Å²) in [5.41, 5.74) is 2.40. The molecule has 2 fully saturated rings. The second kappa shape index (κ2) is 11.0. The van der Waals surface area contributed by atoms with Gasteiger partial charge in [0.2, 0.25) is 5.91 Å². The molecule has 1 N–H and O–H groups in total. The van der Waals surface area contributed by atoms with Gasteiger partial charge in [-0.2, -0.15) is 0 Å². The highest BCUT2D eigenvalue weighted by atomic mass is 35.5. The minimum absolute atomic E-state index is 0.0358. The van der Waals surface area contributed by atoms with Gasteiger partial charge in [0.15, 0.2) is 11.5 Å². The van der Waals surface area contributed by atoms with E-state index >= 15 is 0 Å². The maximum atomic E-state index is 13.3. The number of benzene rings is 2. The van der Waals surface area contributed by atoms with Crippen LogP contribution in [0.5, 0.6) is 11.5 Å². The van der Waals surface area contributed by atoms with Gasteiger partial charge in [0.25, 0.3) is 0 Å². The van der Waals surface area contributed by atoms with Crippen LogP contribution in [0.1, 0.15) is 30.4 Å². The van der Waals surface area contributed by atoms with E-state index in [1.54, 1.807) is 0 Å². The number of carbonyl (C=O) groups is 1. The van der Waals surface area contributed by atoms with Gasteiger partial charge in [0.05, 0.1) is 5.92 Å². The lowest BCUT2D eigenvalue weighted by Crippen LogP contribution is -2.46. The first-order valence-electron chi connectivity index (χ1n) is 12.5. The highest BCUT2D eigenvalue weighted by molar-refractivity contribution is 6.30. The topological polar surface area (TPSA) is 54.0 Å². The number of nitrogens with zero attached hydrogens (tertiary/aromatic N) is 2. The van der Waals surface area contributed by atoms with Crippen molar-refractivity contribution in [3.63, 3.8) is 0 Å². The van der Waals surface area contributed by atoms with Crippen molar-refractivity contribution in [2.24, 2.45) is 5.92 Å². The van der Waals surface area contributed by atoms with Gasteiger partial charge in [-0.1, -0.05) is 29.8 Å². The molecule has 0 aromatic heterocycles. The number of carbonyl (C=O) groups excluding carboxylic acids is 1. The van der Waals surface area contributed by atoms with Gasteiger partial charge in [-0.15, -0.1) is 0 Å².